The van der Waals surface area contributed by atoms with Gasteiger partial charge in [0.05, 0.1) is 12.3 Å². The van der Waals surface area contributed by atoms with Crippen LogP contribution in [0.25, 0.3) is 0 Å². The number of amidine groups is 1. The molecule has 4 heteroatoms. The Balaban J connectivity index is 2.98. The van der Waals surface area contributed by atoms with Crippen molar-refractivity contribution in [3.05, 3.63) is 11.3 Å². The Morgan fingerprint density at radius 3 is 2.64 bits per heavy atom. The van der Waals surface area contributed by atoms with Gasteiger partial charge in [-0.25, -0.2) is 4.99 Å². The molecule has 80 valence electrons. The van der Waals surface area contributed by atoms with Gasteiger partial charge in [0, 0.05) is 7.05 Å². The van der Waals surface area contributed by atoms with Crippen LogP contribution in [0.2, 0.25) is 0 Å². The SMILES string of the molecule is CCON1C(=NC)OC(C)C(C)=C1C. The summed E-state index contributed by atoms with van der Waals surface area (Å²) in [5.41, 5.74) is 2.23. The normalized spacial score (nSPS) is 25.6. The van der Waals surface area contributed by atoms with Gasteiger partial charge in [-0.3, -0.25) is 4.84 Å². The Morgan fingerprint density at radius 2 is 2.14 bits per heavy atom. The molecule has 0 bridgehead atoms. The van der Waals surface area contributed by atoms with E-state index in [1.165, 1.54) is 5.57 Å². The molecular formula is C10H18N2O2. The third kappa shape index (κ3) is 1.90. The number of nitrogens with zero attached hydrogens (tertiary/aromatic N) is 2. The molecule has 4 nitrogen and oxygen atoms in total. The van der Waals surface area contributed by atoms with Crippen LogP contribution in [0.3, 0.4) is 0 Å². The fourth-order valence-electron chi connectivity index (χ4n) is 1.32. The van der Waals surface area contributed by atoms with Crippen molar-refractivity contribution >= 4 is 6.02 Å². The molecule has 0 radical (unpaired) electrons. The highest BCUT2D eigenvalue weighted by Gasteiger charge is 2.26. The average molecular weight is 198 g/mol. The van der Waals surface area contributed by atoms with E-state index in [0.29, 0.717) is 12.6 Å². The largest absolute Gasteiger partial charge is 0.456 e. The smallest absolute Gasteiger partial charge is 0.317 e. The highest BCUT2D eigenvalue weighted by molar-refractivity contribution is 5.76. The van der Waals surface area contributed by atoms with E-state index in [9.17, 15) is 0 Å². The van der Waals surface area contributed by atoms with Crippen LogP contribution >= 0.6 is 0 Å². The predicted octanol–water partition coefficient (Wildman–Crippen LogP) is 1.94. The van der Waals surface area contributed by atoms with Gasteiger partial charge < -0.3 is 4.74 Å². The van der Waals surface area contributed by atoms with Gasteiger partial charge in [0.15, 0.2) is 0 Å². The van der Waals surface area contributed by atoms with Crippen molar-refractivity contribution in [3.63, 3.8) is 0 Å². The lowest BCUT2D eigenvalue weighted by molar-refractivity contribution is -0.0957. The van der Waals surface area contributed by atoms with E-state index in [-0.39, 0.29) is 6.10 Å². The molecule has 0 aromatic rings. The van der Waals surface area contributed by atoms with Crippen LogP contribution in [0.15, 0.2) is 16.3 Å². The summed E-state index contributed by atoms with van der Waals surface area (Å²) in [5, 5.41) is 1.65. The fourth-order valence-corrected chi connectivity index (χ4v) is 1.32. The minimum absolute atomic E-state index is 0.0745. The lowest BCUT2D eigenvalue weighted by Crippen LogP contribution is -2.39. The van der Waals surface area contributed by atoms with E-state index in [1.54, 1.807) is 12.1 Å². The maximum atomic E-state index is 5.58. The zero-order valence-corrected chi connectivity index (χ0v) is 9.50. The van der Waals surface area contributed by atoms with Gasteiger partial charge >= 0.3 is 6.02 Å². The van der Waals surface area contributed by atoms with Gasteiger partial charge in [0.2, 0.25) is 0 Å². The van der Waals surface area contributed by atoms with Gasteiger partial charge in [-0.05, 0) is 33.3 Å². The number of hydroxylamine groups is 2. The summed E-state index contributed by atoms with van der Waals surface area (Å²) in [4.78, 5) is 9.48. The molecule has 0 spiro atoms. The van der Waals surface area contributed by atoms with Crippen molar-refractivity contribution in [1.82, 2.24) is 5.06 Å². The molecule has 0 N–H and O–H groups in total. The zero-order chi connectivity index (χ0) is 10.7. The second kappa shape index (κ2) is 4.46. The number of aliphatic imine (C=N–C) groups is 1. The Hall–Kier alpha value is -1.03. The van der Waals surface area contributed by atoms with Gasteiger partial charge in [0.25, 0.3) is 0 Å². The van der Waals surface area contributed by atoms with Crippen molar-refractivity contribution in [2.45, 2.75) is 33.8 Å². The summed E-state index contributed by atoms with van der Waals surface area (Å²) in [6.07, 6.45) is 0.0745. The van der Waals surface area contributed by atoms with Crippen molar-refractivity contribution < 1.29 is 9.57 Å². The maximum Gasteiger partial charge on any atom is 0.317 e. The van der Waals surface area contributed by atoms with Crippen LogP contribution in [0.5, 0.6) is 0 Å². The molecule has 0 amide bonds. The second-order valence-corrected chi connectivity index (χ2v) is 3.25. The third-order valence-electron chi connectivity index (χ3n) is 2.39. The van der Waals surface area contributed by atoms with Crippen LogP contribution in [-0.4, -0.2) is 30.8 Å². The highest BCUT2D eigenvalue weighted by Crippen LogP contribution is 2.22. The number of hydrogen-bond acceptors (Lipinski definition) is 3. The minimum Gasteiger partial charge on any atom is -0.456 e. The molecule has 1 aliphatic rings. The summed E-state index contributed by atoms with van der Waals surface area (Å²) >= 11 is 0. The number of allylic oxidation sites excluding steroid dienone is 1. The molecule has 0 aliphatic carbocycles. The Kier molecular flexibility index (Phi) is 3.52. The summed E-state index contributed by atoms with van der Waals surface area (Å²) in [7, 11) is 1.70. The predicted molar refractivity (Wildman–Crippen MR) is 55.7 cm³/mol. The average Bonchev–Trinajstić information content (AvgIpc) is 2.19. The van der Waals surface area contributed by atoms with Crippen molar-refractivity contribution in [2.75, 3.05) is 13.7 Å². The summed E-state index contributed by atoms with van der Waals surface area (Å²) < 4.78 is 5.58. The summed E-state index contributed by atoms with van der Waals surface area (Å²) in [5.74, 6) is 0. The molecule has 0 saturated heterocycles. The Morgan fingerprint density at radius 1 is 1.50 bits per heavy atom. The topological polar surface area (TPSA) is 34.1 Å². The maximum absolute atomic E-state index is 5.58. The standard InChI is InChI=1S/C10H18N2O2/c1-6-13-12-8(3)7(2)9(4)14-10(12)11-5/h9H,6H2,1-5H3. The van der Waals surface area contributed by atoms with Gasteiger partial charge in [0.1, 0.15) is 6.10 Å². The van der Waals surface area contributed by atoms with E-state index in [4.69, 9.17) is 9.57 Å². The first-order valence-corrected chi connectivity index (χ1v) is 4.85. The molecule has 1 atom stereocenters. The fraction of sp³-hybridized carbons (Fsp3) is 0.700. The molecule has 0 fully saturated rings. The highest BCUT2D eigenvalue weighted by atomic mass is 16.7. The first-order valence-electron chi connectivity index (χ1n) is 4.85. The monoisotopic (exact) mass is 198 g/mol. The molecule has 0 aromatic heterocycles. The number of rotatable bonds is 2. The first kappa shape index (κ1) is 11.0. The Labute approximate surface area is 85.2 Å². The van der Waals surface area contributed by atoms with E-state index in [0.717, 1.165) is 5.70 Å². The molecular weight excluding hydrogens is 180 g/mol. The van der Waals surface area contributed by atoms with Gasteiger partial charge in [-0.15, -0.1) is 0 Å². The van der Waals surface area contributed by atoms with E-state index in [1.807, 2.05) is 27.7 Å². The molecule has 14 heavy (non-hydrogen) atoms. The van der Waals surface area contributed by atoms with Crippen LogP contribution < -0.4 is 0 Å². The van der Waals surface area contributed by atoms with Crippen LogP contribution in [0.1, 0.15) is 27.7 Å². The van der Waals surface area contributed by atoms with Gasteiger partial charge in [-0.1, -0.05) is 0 Å². The number of ether oxygens (including phenoxy) is 1. The lowest BCUT2D eigenvalue weighted by Gasteiger charge is -2.33. The lowest BCUT2D eigenvalue weighted by atomic mass is 10.1. The third-order valence-corrected chi connectivity index (χ3v) is 2.39. The molecule has 1 unspecified atom stereocenters. The number of hydrogen-bond donors (Lipinski definition) is 0. The molecule has 0 saturated carbocycles. The molecule has 1 rings (SSSR count). The zero-order valence-electron chi connectivity index (χ0n) is 9.50. The second-order valence-electron chi connectivity index (χ2n) is 3.25. The minimum atomic E-state index is 0.0745. The van der Waals surface area contributed by atoms with Crippen molar-refractivity contribution in [2.24, 2.45) is 4.99 Å². The molecule has 1 heterocycles. The van der Waals surface area contributed by atoms with E-state index in [2.05, 4.69) is 4.99 Å². The first-order chi connectivity index (χ1) is 6.61. The van der Waals surface area contributed by atoms with E-state index >= 15 is 0 Å². The van der Waals surface area contributed by atoms with Crippen LogP contribution in [0, 0.1) is 0 Å². The summed E-state index contributed by atoms with van der Waals surface area (Å²) in [6.45, 7) is 8.59. The van der Waals surface area contributed by atoms with Crippen LogP contribution in [0.4, 0.5) is 0 Å². The quantitative estimate of drug-likeness (QED) is 0.680. The van der Waals surface area contributed by atoms with E-state index < -0.39 is 0 Å². The van der Waals surface area contributed by atoms with Crippen molar-refractivity contribution in [3.8, 4) is 0 Å². The van der Waals surface area contributed by atoms with Crippen molar-refractivity contribution in [1.29, 1.82) is 0 Å². The van der Waals surface area contributed by atoms with Crippen LogP contribution in [-0.2, 0) is 9.57 Å². The van der Waals surface area contributed by atoms with Gasteiger partial charge in [-0.2, -0.15) is 5.06 Å². The summed E-state index contributed by atoms with van der Waals surface area (Å²) in [6, 6.07) is 0.530. The molecule has 0 aromatic carbocycles. The molecule has 1 aliphatic heterocycles. The Bertz CT molecular complexity index is 271.